The number of hydrogen-bond acceptors (Lipinski definition) is 7. The minimum atomic E-state index is -3.75. The third kappa shape index (κ3) is 7.07. The highest BCUT2D eigenvalue weighted by Crippen LogP contribution is 2.67. The molecule has 0 spiro atoms. The zero-order valence-corrected chi connectivity index (χ0v) is 34.7. The molecule has 302 valence electrons. The van der Waals surface area contributed by atoms with Gasteiger partial charge in [0.05, 0.1) is 24.5 Å². The van der Waals surface area contributed by atoms with Crippen LogP contribution in [0.15, 0.2) is 66.7 Å². The summed E-state index contributed by atoms with van der Waals surface area (Å²) in [5.41, 5.74) is 6.66. The second-order valence-electron chi connectivity index (χ2n) is 18.0. The number of nitrogens with zero attached hydrogens (tertiary/aromatic N) is 4. The van der Waals surface area contributed by atoms with Crippen LogP contribution < -0.4 is 9.46 Å². The highest BCUT2D eigenvalue weighted by Gasteiger charge is 2.65. The minimum absolute atomic E-state index is 0.0489. The molecule has 4 heterocycles. The number of hydrogen-bond donors (Lipinski definition) is 1. The Hall–Kier alpha value is -4.19. The van der Waals surface area contributed by atoms with Gasteiger partial charge in [0.25, 0.3) is 5.91 Å². The van der Waals surface area contributed by atoms with Crippen LogP contribution in [0.3, 0.4) is 0 Å². The van der Waals surface area contributed by atoms with Crippen molar-refractivity contribution >= 4 is 32.7 Å². The fourth-order valence-corrected chi connectivity index (χ4v) is 11.7. The lowest BCUT2D eigenvalue weighted by Gasteiger charge is -2.45. The highest BCUT2D eigenvalue weighted by atomic mass is 32.2. The first kappa shape index (κ1) is 38.3. The number of rotatable bonds is 11. The summed E-state index contributed by atoms with van der Waals surface area (Å²) in [6.07, 6.45) is 11.6. The van der Waals surface area contributed by atoms with Gasteiger partial charge in [0.2, 0.25) is 15.9 Å². The highest BCUT2D eigenvalue weighted by molar-refractivity contribution is 7.89. The van der Waals surface area contributed by atoms with E-state index in [9.17, 15) is 13.2 Å². The molecule has 0 radical (unpaired) electrons. The van der Waals surface area contributed by atoms with E-state index in [1.165, 1.54) is 36.0 Å². The molecule has 11 heteroatoms. The van der Waals surface area contributed by atoms with Crippen molar-refractivity contribution in [2.24, 2.45) is 5.41 Å². The number of methoxy groups -OCH3 is 1. The van der Waals surface area contributed by atoms with Crippen LogP contribution in [0, 0.1) is 5.41 Å². The smallest absolute Gasteiger partial charge is 0.264 e. The van der Waals surface area contributed by atoms with Gasteiger partial charge in [-0.25, -0.2) is 13.1 Å². The van der Waals surface area contributed by atoms with E-state index < -0.39 is 21.3 Å². The maximum atomic E-state index is 15.6. The first-order chi connectivity index (χ1) is 27.4. The van der Waals surface area contributed by atoms with Crippen molar-refractivity contribution in [3.8, 4) is 17.0 Å². The number of piperidine rings is 1. The van der Waals surface area contributed by atoms with E-state index >= 15 is 4.79 Å². The SMILES string of the molecule is COc1ccc2c(c1)C1CC1(C(=O)N1C3CCC1CC(N(CCN(C)C)Cc1ccccc1)C3)Cn1c-2c(C2CCCCC2)c2ccc(C(=O)NS(C)(=O)=O)cc21. The van der Waals surface area contributed by atoms with Crippen LogP contribution in [0.5, 0.6) is 5.75 Å². The van der Waals surface area contributed by atoms with Crippen molar-refractivity contribution < 1.29 is 22.7 Å². The van der Waals surface area contributed by atoms with Gasteiger partial charge in [-0.05, 0) is 112 Å². The van der Waals surface area contributed by atoms with Gasteiger partial charge in [-0.15, -0.1) is 0 Å². The summed E-state index contributed by atoms with van der Waals surface area (Å²) in [5, 5.41) is 1.09. The molecule has 3 aliphatic heterocycles. The number of sulfonamides is 1. The number of ether oxygens (including phenoxy) is 1. The van der Waals surface area contributed by atoms with Gasteiger partial charge < -0.3 is 19.1 Å². The van der Waals surface area contributed by atoms with E-state index in [1.54, 1.807) is 13.2 Å². The fourth-order valence-electron chi connectivity index (χ4n) is 11.2. The van der Waals surface area contributed by atoms with Gasteiger partial charge in [0.1, 0.15) is 5.75 Å². The monoisotopic (exact) mass is 791 g/mol. The fraction of sp³-hybridized carbons (Fsp3) is 0.522. The summed E-state index contributed by atoms with van der Waals surface area (Å²) in [5.74, 6) is 0.824. The predicted molar refractivity (Wildman–Crippen MR) is 224 cm³/mol. The second kappa shape index (κ2) is 14.9. The van der Waals surface area contributed by atoms with Gasteiger partial charge in [-0.3, -0.25) is 14.5 Å². The number of likely N-dealkylation sites (N-methyl/N-ethyl adjacent to an activating group) is 1. The summed E-state index contributed by atoms with van der Waals surface area (Å²) in [7, 11) is 2.23. The van der Waals surface area contributed by atoms with Gasteiger partial charge in [0, 0.05) is 72.3 Å². The van der Waals surface area contributed by atoms with Crippen LogP contribution in [-0.4, -0.2) is 98.2 Å². The summed E-state index contributed by atoms with van der Waals surface area (Å²) in [6.45, 7) is 3.41. The maximum Gasteiger partial charge on any atom is 0.264 e. The van der Waals surface area contributed by atoms with Crippen LogP contribution in [0.2, 0.25) is 0 Å². The number of nitrogens with one attached hydrogen (secondary N) is 1. The Morgan fingerprint density at radius 3 is 2.33 bits per heavy atom. The molecular formula is C46H57N5O5S. The Kier molecular flexibility index (Phi) is 10.0. The van der Waals surface area contributed by atoms with Crippen molar-refractivity contribution in [3.63, 3.8) is 0 Å². The molecular weight excluding hydrogens is 735 g/mol. The third-order valence-electron chi connectivity index (χ3n) is 14.0. The number of fused-ring (bicyclic) bond motifs is 9. The first-order valence-corrected chi connectivity index (χ1v) is 23.0. The second-order valence-corrected chi connectivity index (χ2v) is 19.7. The Morgan fingerprint density at radius 1 is 0.912 bits per heavy atom. The summed E-state index contributed by atoms with van der Waals surface area (Å²) >= 11 is 0. The molecule has 57 heavy (non-hydrogen) atoms. The number of benzene rings is 3. The van der Waals surface area contributed by atoms with E-state index in [-0.39, 0.29) is 23.9 Å². The molecule has 4 atom stereocenters. The van der Waals surface area contributed by atoms with Crippen LogP contribution in [0.4, 0.5) is 0 Å². The van der Waals surface area contributed by atoms with Gasteiger partial charge >= 0.3 is 0 Å². The summed E-state index contributed by atoms with van der Waals surface area (Å²) in [6, 6.07) is 23.6. The van der Waals surface area contributed by atoms with Gasteiger partial charge in [-0.1, -0.05) is 55.7 Å². The molecule has 4 unspecified atom stereocenters. The van der Waals surface area contributed by atoms with E-state index in [0.29, 0.717) is 24.1 Å². The van der Waals surface area contributed by atoms with E-state index in [2.05, 4.69) is 80.5 Å². The number of amides is 2. The van der Waals surface area contributed by atoms with Crippen molar-refractivity contribution in [2.75, 3.05) is 40.6 Å². The van der Waals surface area contributed by atoms with Crippen LogP contribution in [0.25, 0.3) is 22.2 Å². The van der Waals surface area contributed by atoms with Crippen LogP contribution >= 0.6 is 0 Å². The van der Waals surface area contributed by atoms with Crippen LogP contribution in [0.1, 0.15) is 103 Å². The average molecular weight is 792 g/mol. The molecule has 4 aromatic rings. The number of carbonyl (C=O) groups is 2. The minimum Gasteiger partial charge on any atom is -0.497 e. The Morgan fingerprint density at radius 2 is 1.65 bits per heavy atom. The molecule has 5 aliphatic rings. The molecule has 2 aliphatic carbocycles. The molecule has 1 N–H and O–H groups in total. The zero-order chi connectivity index (χ0) is 39.6. The quantitative estimate of drug-likeness (QED) is 0.173. The van der Waals surface area contributed by atoms with Crippen molar-refractivity contribution in [1.29, 1.82) is 0 Å². The average Bonchev–Trinajstić information content (AvgIpc) is 3.79. The molecule has 9 rings (SSSR count). The zero-order valence-electron chi connectivity index (χ0n) is 33.9. The lowest BCUT2D eigenvalue weighted by molar-refractivity contribution is -0.143. The molecule has 10 nitrogen and oxygen atoms in total. The maximum absolute atomic E-state index is 15.6. The Bertz CT molecular complexity index is 2290. The van der Waals surface area contributed by atoms with Crippen molar-refractivity contribution in [2.45, 2.75) is 107 Å². The normalized spacial score (nSPS) is 25.5. The van der Waals surface area contributed by atoms with E-state index in [1.807, 2.05) is 18.2 Å². The van der Waals surface area contributed by atoms with Gasteiger partial charge in [0.15, 0.2) is 0 Å². The lowest BCUT2D eigenvalue weighted by atomic mass is 9.81. The first-order valence-electron chi connectivity index (χ1n) is 21.1. The molecule has 4 fully saturated rings. The van der Waals surface area contributed by atoms with E-state index in [4.69, 9.17) is 4.74 Å². The van der Waals surface area contributed by atoms with E-state index in [0.717, 1.165) is 98.7 Å². The predicted octanol–water partition coefficient (Wildman–Crippen LogP) is 7.13. The number of aromatic nitrogens is 1. The largest absolute Gasteiger partial charge is 0.497 e. The third-order valence-corrected chi connectivity index (χ3v) is 14.6. The standard InChI is InChI=1S/C46H57N5O5S/c1-48(2)21-22-49(28-30-11-7-5-8-12-30)35-24-33-16-17-34(25-35)51(33)45(53)46-27-40(46)39-26-36(56-3)18-20-37(39)43-42(31-13-9-6-10-14-31)38-19-15-32(23-41(38)50(43)29-46)44(52)47-57(4,54)55/h5,7-8,11-12,15,18-20,23,26,31,33-35,40H,6,9-10,13-14,16-17,21-22,24-25,27-29H2,1-4H3,(H,47,52). The molecule has 2 bridgehead atoms. The lowest BCUT2D eigenvalue weighted by Crippen LogP contribution is -2.55. The van der Waals surface area contributed by atoms with Gasteiger partial charge in [-0.2, -0.15) is 0 Å². The van der Waals surface area contributed by atoms with Crippen molar-refractivity contribution in [3.05, 3.63) is 89.0 Å². The van der Waals surface area contributed by atoms with Crippen LogP contribution in [-0.2, 0) is 27.9 Å². The molecule has 1 aromatic heterocycles. The molecule has 2 amide bonds. The Labute approximate surface area is 337 Å². The topological polar surface area (TPSA) is 104 Å². The summed E-state index contributed by atoms with van der Waals surface area (Å²) in [4.78, 5) is 36.2. The number of carbonyl (C=O) groups excluding carboxylic acids is 2. The van der Waals surface area contributed by atoms with Crippen molar-refractivity contribution in [1.82, 2.24) is 24.0 Å². The Balaban J connectivity index is 1.11. The molecule has 2 saturated carbocycles. The molecule has 3 aromatic carbocycles. The molecule has 2 saturated heterocycles. The summed E-state index contributed by atoms with van der Waals surface area (Å²) < 4.78 is 34.6.